The Labute approximate surface area is 150 Å². The van der Waals surface area contributed by atoms with Crippen LogP contribution in [0.3, 0.4) is 0 Å². The van der Waals surface area contributed by atoms with Crippen LogP contribution in [0.1, 0.15) is 20.3 Å². The number of amides is 1. The van der Waals surface area contributed by atoms with Gasteiger partial charge in [-0.2, -0.15) is 0 Å². The lowest BCUT2D eigenvalue weighted by molar-refractivity contribution is -0.120. The van der Waals surface area contributed by atoms with E-state index >= 15 is 0 Å². The van der Waals surface area contributed by atoms with Gasteiger partial charge < -0.3 is 20.5 Å². The molecule has 0 spiro atoms. The average molecular weight is 358 g/mol. The SMILES string of the molecule is COc1ccc(NC(=O)C(C)N2CCC(C)(CN)C2)c(OC)c1.Cl. The van der Waals surface area contributed by atoms with E-state index in [1.165, 1.54) is 0 Å². The topological polar surface area (TPSA) is 76.8 Å². The highest BCUT2D eigenvalue weighted by molar-refractivity contribution is 5.96. The molecule has 1 aromatic rings. The van der Waals surface area contributed by atoms with Crippen LogP contribution in [0.5, 0.6) is 11.5 Å². The lowest BCUT2D eigenvalue weighted by Crippen LogP contribution is -2.42. The lowest BCUT2D eigenvalue weighted by Gasteiger charge is -2.26. The number of nitrogens with one attached hydrogen (secondary N) is 1. The minimum absolute atomic E-state index is 0. The Kier molecular flexibility index (Phi) is 7.32. The van der Waals surface area contributed by atoms with Crippen molar-refractivity contribution in [1.29, 1.82) is 0 Å². The third-order valence-corrected chi connectivity index (χ3v) is 4.67. The van der Waals surface area contributed by atoms with Gasteiger partial charge in [-0.3, -0.25) is 9.69 Å². The van der Waals surface area contributed by atoms with E-state index in [-0.39, 0.29) is 29.8 Å². The van der Waals surface area contributed by atoms with E-state index in [9.17, 15) is 4.79 Å². The fraction of sp³-hybridized carbons (Fsp3) is 0.588. The van der Waals surface area contributed by atoms with Crippen LogP contribution in [0, 0.1) is 5.41 Å². The molecule has 3 N–H and O–H groups in total. The number of anilines is 1. The van der Waals surface area contributed by atoms with Crippen LogP contribution < -0.4 is 20.5 Å². The summed E-state index contributed by atoms with van der Waals surface area (Å²) in [5, 5.41) is 2.94. The monoisotopic (exact) mass is 357 g/mol. The maximum absolute atomic E-state index is 12.6. The molecule has 7 heteroatoms. The van der Waals surface area contributed by atoms with Crippen molar-refractivity contribution in [3.63, 3.8) is 0 Å². The molecule has 136 valence electrons. The molecule has 2 unspecified atom stereocenters. The molecule has 0 radical (unpaired) electrons. The van der Waals surface area contributed by atoms with Crippen LogP contribution >= 0.6 is 12.4 Å². The van der Waals surface area contributed by atoms with E-state index in [1.807, 2.05) is 6.92 Å². The maximum Gasteiger partial charge on any atom is 0.241 e. The number of carbonyl (C=O) groups excluding carboxylic acids is 1. The Morgan fingerprint density at radius 1 is 1.42 bits per heavy atom. The molecule has 0 aromatic heterocycles. The molecule has 2 rings (SSSR count). The van der Waals surface area contributed by atoms with Gasteiger partial charge in [-0.1, -0.05) is 6.92 Å². The molecular weight excluding hydrogens is 330 g/mol. The summed E-state index contributed by atoms with van der Waals surface area (Å²) in [6.07, 6.45) is 1.02. The molecule has 1 amide bonds. The van der Waals surface area contributed by atoms with Gasteiger partial charge in [0, 0.05) is 12.6 Å². The molecule has 0 bridgehead atoms. The van der Waals surface area contributed by atoms with E-state index in [2.05, 4.69) is 17.1 Å². The van der Waals surface area contributed by atoms with Crippen LogP contribution in [-0.2, 0) is 4.79 Å². The van der Waals surface area contributed by atoms with Crippen molar-refractivity contribution in [2.75, 3.05) is 39.2 Å². The fourth-order valence-corrected chi connectivity index (χ4v) is 2.86. The minimum Gasteiger partial charge on any atom is -0.497 e. The van der Waals surface area contributed by atoms with Crippen LogP contribution in [0.2, 0.25) is 0 Å². The van der Waals surface area contributed by atoms with E-state index in [1.54, 1.807) is 32.4 Å². The first-order valence-corrected chi connectivity index (χ1v) is 7.89. The second-order valence-electron chi connectivity index (χ2n) is 6.47. The quantitative estimate of drug-likeness (QED) is 0.815. The first kappa shape index (κ1) is 20.5. The largest absolute Gasteiger partial charge is 0.497 e. The molecule has 1 saturated heterocycles. The van der Waals surface area contributed by atoms with Gasteiger partial charge >= 0.3 is 0 Å². The van der Waals surface area contributed by atoms with E-state index < -0.39 is 0 Å². The zero-order chi connectivity index (χ0) is 17.0. The Morgan fingerprint density at radius 3 is 2.67 bits per heavy atom. The number of carbonyl (C=O) groups is 1. The van der Waals surface area contributed by atoms with Crippen molar-refractivity contribution in [1.82, 2.24) is 4.90 Å². The number of halogens is 1. The van der Waals surface area contributed by atoms with Gasteiger partial charge in [-0.15, -0.1) is 12.4 Å². The van der Waals surface area contributed by atoms with Gasteiger partial charge in [0.1, 0.15) is 11.5 Å². The maximum atomic E-state index is 12.6. The highest BCUT2D eigenvalue weighted by Crippen LogP contribution is 2.31. The molecule has 1 aliphatic rings. The van der Waals surface area contributed by atoms with Gasteiger partial charge in [0.2, 0.25) is 5.91 Å². The number of hydrogen-bond acceptors (Lipinski definition) is 5. The van der Waals surface area contributed by atoms with Crippen LogP contribution in [0.15, 0.2) is 18.2 Å². The van der Waals surface area contributed by atoms with Crippen LogP contribution in [-0.4, -0.2) is 50.7 Å². The summed E-state index contributed by atoms with van der Waals surface area (Å²) in [5.74, 6) is 1.22. The Balaban J connectivity index is 0.00000288. The Bertz CT molecular complexity index is 570. The minimum atomic E-state index is -0.213. The third kappa shape index (κ3) is 4.53. The van der Waals surface area contributed by atoms with Crippen molar-refractivity contribution in [3.8, 4) is 11.5 Å². The smallest absolute Gasteiger partial charge is 0.241 e. The number of methoxy groups -OCH3 is 2. The zero-order valence-electron chi connectivity index (χ0n) is 14.8. The third-order valence-electron chi connectivity index (χ3n) is 4.67. The highest BCUT2D eigenvalue weighted by atomic mass is 35.5. The van der Waals surface area contributed by atoms with Gasteiger partial charge in [0.25, 0.3) is 0 Å². The molecule has 1 heterocycles. The van der Waals surface area contributed by atoms with Gasteiger partial charge in [-0.25, -0.2) is 0 Å². The molecule has 0 aliphatic carbocycles. The summed E-state index contributed by atoms with van der Waals surface area (Å²) in [7, 11) is 3.16. The normalized spacial score (nSPS) is 21.7. The molecule has 1 fully saturated rings. The molecule has 1 aliphatic heterocycles. The summed E-state index contributed by atoms with van der Waals surface area (Å²) < 4.78 is 10.5. The van der Waals surface area contributed by atoms with E-state index in [0.717, 1.165) is 19.5 Å². The second-order valence-corrected chi connectivity index (χ2v) is 6.47. The number of hydrogen-bond donors (Lipinski definition) is 2. The first-order chi connectivity index (χ1) is 10.9. The lowest BCUT2D eigenvalue weighted by atomic mass is 9.90. The number of ether oxygens (including phenoxy) is 2. The van der Waals surface area contributed by atoms with Crippen LogP contribution in [0.25, 0.3) is 0 Å². The average Bonchev–Trinajstić information content (AvgIpc) is 2.97. The Hall–Kier alpha value is -1.50. The molecular formula is C17H28ClN3O3. The van der Waals surface area contributed by atoms with Gasteiger partial charge in [0.15, 0.2) is 0 Å². The highest BCUT2D eigenvalue weighted by Gasteiger charge is 2.36. The predicted molar refractivity (Wildman–Crippen MR) is 98.2 cm³/mol. The molecule has 6 nitrogen and oxygen atoms in total. The Morgan fingerprint density at radius 2 is 2.12 bits per heavy atom. The molecule has 24 heavy (non-hydrogen) atoms. The standard InChI is InChI=1S/C17H27N3O3.ClH/c1-12(20-8-7-17(2,10-18)11-20)16(21)19-14-6-5-13(22-3)9-15(14)23-4;/h5-6,9,12H,7-8,10-11,18H2,1-4H3,(H,19,21);1H. The van der Waals surface area contributed by atoms with Crippen LogP contribution in [0.4, 0.5) is 5.69 Å². The van der Waals surface area contributed by atoms with Gasteiger partial charge in [0.05, 0.1) is 25.9 Å². The second kappa shape index (κ2) is 8.55. The first-order valence-electron chi connectivity index (χ1n) is 7.89. The van der Waals surface area contributed by atoms with Crippen molar-refractivity contribution in [2.24, 2.45) is 11.1 Å². The van der Waals surface area contributed by atoms with Crippen molar-refractivity contribution in [3.05, 3.63) is 18.2 Å². The summed E-state index contributed by atoms with van der Waals surface area (Å²) in [6, 6.07) is 5.12. The van der Waals surface area contributed by atoms with Gasteiger partial charge in [-0.05, 0) is 44.0 Å². The van der Waals surface area contributed by atoms with E-state index in [0.29, 0.717) is 23.7 Å². The summed E-state index contributed by atoms with van der Waals surface area (Å²) >= 11 is 0. The number of benzene rings is 1. The fourth-order valence-electron chi connectivity index (χ4n) is 2.86. The number of nitrogens with zero attached hydrogens (tertiary/aromatic N) is 1. The van der Waals surface area contributed by atoms with E-state index in [4.69, 9.17) is 15.2 Å². The summed E-state index contributed by atoms with van der Waals surface area (Å²) in [5.41, 5.74) is 6.59. The molecule has 1 aromatic carbocycles. The molecule has 0 saturated carbocycles. The molecule has 2 atom stereocenters. The predicted octanol–water partition coefficient (Wildman–Crippen LogP) is 2.12. The van der Waals surface area contributed by atoms with Crippen molar-refractivity contribution in [2.45, 2.75) is 26.3 Å². The zero-order valence-corrected chi connectivity index (χ0v) is 15.6. The van der Waals surface area contributed by atoms with Crippen molar-refractivity contribution < 1.29 is 14.3 Å². The number of nitrogens with two attached hydrogens (primary N) is 1. The van der Waals surface area contributed by atoms with Crippen molar-refractivity contribution >= 4 is 24.0 Å². The number of rotatable bonds is 6. The summed E-state index contributed by atoms with van der Waals surface area (Å²) in [4.78, 5) is 14.7. The summed E-state index contributed by atoms with van der Waals surface area (Å²) in [6.45, 7) is 6.47. The number of likely N-dealkylation sites (tertiary alicyclic amines) is 1.